The van der Waals surface area contributed by atoms with Gasteiger partial charge in [-0.3, -0.25) is 29.8 Å². The van der Waals surface area contributed by atoms with Crippen LogP contribution < -0.4 is 58.9 Å². The normalized spacial score (nSPS) is 20.7. The van der Waals surface area contributed by atoms with Crippen molar-refractivity contribution in [3.05, 3.63) is 92.3 Å². The van der Waals surface area contributed by atoms with Gasteiger partial charge in [0.05, 0.1) is 93.8 Å². The number of piperidine rings is 4. The van der Waals surface area contributed by atoms with Crippen molar-refractivity contribution in [3.8, 4) is 0 Å². The summed E-state index contributed by atoms with van der Waals surface area (Å²) in [5.41, 5.74) is 44.2. The maximum atomic E-state index is 12.7. The molecule has 0 amide bonds. The van der Waals surface area contributed by atoms with E-state index in [0.717, 1.165) is 123 Å². The highest BCUT2D eigenvalue weighted by atomic mass is 19.4. The fourth-order valence-corrected chi connectivity index (χ4v) is 11.4. The summed E-state index contributed by atoms with van der Waals surface area (Å²) in [5, 5.41) is 0. The monoisotopic (exact) mass is 1120 g/mol. The summed E-state index contributed by atoms with van der Waals surface area (Å²) in [6.07, 6.45) is 23.6. The Hall–Kier alpha value is -6.62. The molecule has 0 radical (unpaired) electrons. The number of likely N-dealkylation sites (N-methyl/N-ethyl adjacent to an activating group) is 1. The number of nitrogens with zero attached hydrogens (tertiary/aromatic N) is 13. The fourth-order valence-electron chi connectivity index (χ4n) is 11.4. The van der Waals surface area contributed by atoms with Crippen LogP contribution in [-0.2, 0) is 0 Å². The molecule has 5 aliphatic heterocycles. The van der Waals surface area contributed by atoms with Gasteiger partial charge in [-0.25, -0.2) is 0 Å². The minimum absolute atomic E-state index is 0.0156. The Morgan fingerprint density at radius 2 is 0.877 bits per heavy atom. The molecule has 0 spiro atoms. The number of nitrogen functional groups attached to an aromatic ring is 5. The quantitative estimate of drug-likeness (QED) is 0.0869. The smallest absolute Gasteiger partial charge is 0.393 e. The number of aromatic nitrogens is 5. The summed E-state index contributed by atoms with van der Waals surface area (Å²) < 4.78 is 38.0. The van der Waals surface area contributed by atoms with E-state index in [2.05, 4.69) is 94.3 Å². The predicted octanol–water partition coefficient (Wildman–Crippen LogP) is 7.01. The minimum atomic E-state index is -4.12. The van der Waals surface area contributed by atoms with Gasteiger partial charge in [-0.15, -0.1) is 0 Å². The summed E-state index contributed by atoms with van der Waals surface area (Å²) in [5.74, 6) is -0.437. The zero-order chi connectivity index (χ0) is 58.1. The Bertz CT molecular complexity index is 2650. The summed E-state index contributed by atoms with van der Waals surface area (Å²) >= 11 is 0. The van der Waals surface area contributed by atoms with Crippen molar-refractivity contribution in [2.75, 3.05) is 166 Å². The van der Waals surface area contributed by atoms with Gasteiger partial charge in [-0.2, -0.15) is 13.2 Å². The third kappa shape index (κ3) is 18.7. The molecule has 81 heavy (non-hydrogen) atoms. The van der Waals surface area contributed by atoms with Crippen LogP contribution in [0.15, 0.2) is 92.3 Å². The van der Waals surface area contributed by atoms with E-state index in [-0.39, 0.29) is 18.5 Å². The molecule has 11 rings (SSSR count). The van der Waals surface area contributed by atoms with Gasteiger partial charge in [-0.1, -0.05) is 0 Å². The first-order valence-corrected chi connectivity index (χ1v) is 28.9. The van der Waals surface area contributed by atoms with Crippen molar-refractivity contribution in [1.29, 1.82) is 0 Å². The molecule has 6 aliphatic rings. The second-order valence-electron chi connectivity index (χ2n) is 23.3. The highest BCUT2D eigenvalue weighted by Crippen LogP contribution is 2.37. The first kappa shape index (κ1) is 62.0. The molecular formula is C59H92F3N19. The van der Waals surface area contributed by atoms with Gasteiger partial charge in [0.15, 0.2) is 0 Å². The van der Waals surface area contributed by atoms with Gasteiger partial charge >= 0.3 is 6.18 Å². The highest BCUT2D eigenvalue weighted by molar-refractivity contribution is 5.69. The topological polar surface area (TPSA) is 246 Å². The number of nitrogens with two attached hydrogens (primary N) is 6. The molecule has 19 nitrogen and oxygen atoms in total. The van der Waals surface area contributed by atoms with Crippen LogP contribution in [0.5, 0.6) is 0 Å². The van der Waals surface area contributed by atoms with Crippen LogP contribution in [0.2, 0.25) is 0 Å². The lowest BCUT2D eigenvalue weighted by Crippen LogP contribution is -2.48. The third-order valence-corrected chi connectivity index (χ3v) is 16.4. The van der Waals surface area contributed by atoms with Crippen molar-refractivity contribution >= 4 is 56.9 Å². The molecule has 12 N–H and O–H groups in total. The van der Waals surface area contributed by atoms with E-state index < -0.39 is 12.1 Å². The molecule has 444 valence electrons. The predicted molar refractivity (Wildman–Crippen MR) is 327 cm³/mol. The van der Waals surface area contributed by atoms with Crippen LogP contribution in [0.25, 0.3) is 0 Å². The number of rotatable bonds is 9. The van der Waals surface area contributed by atoms with Crippen LogP contribution in [0.1, 0.15) is 71.1 Å². The number of alkyl halides is 3. The molecule has 10 heterocycles. The molecule has 0 aromatic carbocycles. The van der Waals surface area contributed by atoms with Crippen LogP contribution in [-0.4, -0.2) is 177 Å². The van der Waals surface area contributed by atoms with Crippen LogP contribution >= 0.6 is 0 Å². The van der Waals surface area contributed by atoms with E-state index in [1.807, 2.05) is 42.9 Å². The number of halogens is 3. The van der Waals surface area contributed by atoms with Crippen molar-refractivity contribution in [1.82, 2.24) is 39.6 Å². The van der Waals surface area contributed by atoms with Crippen molar-refractivity contribution in [2.24, 2.45) is 17.6 Å². The van der Waals surface area contributed by atoms with Gasteiger partial charge in [-0.05, 0) is 136 Å². The number of anilines is 10. The molecule has 5 aromatic rings. The van der Waals surface area contributed by atoms with Crippen molar-refractivity contribution in [3.63, 3.8) is 0 Å². The average molecular weight is 1120 g/mol. The molecule has 1 saturated carbocycles. The number of pyridine rings is 5. The summed E-state index contributed by atoms with van der Waals surface area (Å²) in [6.45, 7) is 14.7. The van der Waals surface area contributed by atoms with E-state index in [1.54, 1.807) is 48.1 Å². The second-order valence-corrected chi connectivity index (χ2v) is 23.3. The maximum Gasteiger partial charge on any atom is 0.393 e. The molecule has 0 bridgehead atoms. The van der Waals surface area contributed by atoms with Crippen molar-refractivity contribution < 1.29 is 13.2 Å². The van der Waals surface area contributed by atoms with E-state index in [4.69, 9.17) is 34.4 Å². The maximum absolute atomic E-state index is 12.7. The Labute approximate surface area is 479 Å². The van der Waals surface area contributed by atoms with E-state index in [9.17, 15) is 13.2 Å². The summed E-state index contributed by atoms with van der Waals surface area (Å²) in [4.78, 5) is 38.2. The fraction of sp³-hybridized carbons (Fsp3) is 0.576. The second kappa shape index (κ2) is 29.4. The van der Waals surface area contributed by atoms with Gasteiger partial charge in [0.2, 0.25) is 0 Å². The van der Waals surface area contributed by atoms with Crippen LogP contribution in [0.4, 0.5) is 70.0 Å². The molecule has 5 aromatic heterocycles. The lowest BCUT2D eigenvalue weighted by molar-refractivity contribution is -0.175. The SMILES string of the molecule is CC1(N)CCN(c2ccncc2N)CC1.CN(C)C1CCCN(c2ccncc2N)C1.CN(C)CC1CCN(c2ccncc2N)CC1.Nc1cnccc1N1CCCC(C(F)(F)F)C1.Nc1cnccc1N1CCN(C2CC2)CC1. The first-order chi connectivity index (χ1) is 38.8. The molecule has 2 atom stereocenters. The van der Waals surface area contributed by atoms with Crippen LogP contribution in [0, 0.1) is 11.8 Å². The standard InChI is InChI=1S/C13H22N4.C12H18N4.C12H20N4.C11H14F3N3.C11H18N4/c1-16(2)10-11-4-7-17(8-5-11)13-3-6-15-9-12(13)14;13-11-9-14-4-3-12(11)16-7-5-15(6-8-16)10-1-2-10;1-15(2)10-4-3-7-16(9-10)12-5-6-14-8-11(12)13;12-11(13,14)8-2-1-5-17(7-8)10-3-4-16-6-9(10)15;1-11(13)3-6-15(7-4-11)10-2-5-14-8-9(10)12/h3,6,9,11H,4-5,7-8,10,14H2,1-2H3;3-4,9-10H,1-2,5-8,13H2;5-6,8,10H,3-4,7,9,13H2,1-2H3;3-4,6,8H,1-2,5,7,15H2;2,5,8H,3-4,6-7,12-13H2,1H3. The Kier molecular flexibility index (Phi) is 22.5. The molecular weight excluding hydrogens is 1030 g/mol. The van der Waals surface area contributed by atoms with Gasteiger partial charge in [0, 0.05) is 134 Å². The number of hydrogen-bond donors (Lipinski definition) is 6. The zero-order valence-electron chi connectivity index (χ0n) is 48.6. The molecule has 2 unspecified atom stereocenters. The molecule has 22 heteroatoms. The molecule has 1 aliphatic carbocycles. The Morgan fingerprint density at radius 1 is 0.494 bits per heavy atom. The van der Waals surface area contributed by atoms with E-state index in [0.29, 0.717) is 30.4 Å². The van der Waals surface area contributed by atoms with Crippen molar-refractivity contribution in [2.45, 2.75) is 94.9 Å². The first-order valence-electron chi connectivity index (χ1n) is 28.9. The Morgan fingerprint density at radius 3 is 1.26 bits per heavy atom. The third-order valence-electron chi connectivity index (χ3n) is 16.4. The summed E-state index contributed by atoms with van der Waals surface area (Å²) in [6, 6.07) is 11.2. The van der Waals surface area contributed by atoms with Gasteiger partial charge in [0.25, 0.3) is 0 Å². The largest absolute Gasteiger partial charge is 0.396 e. The number of piperazine rings is 1. The number of hydrogen-bond acceptors (Lipinski definition) is 19. The molecule has 6 fully saturated rings. The molecule has 5 saturated heterocycles. The minimum Gasteiger partial charge on any atom is -0.396 e. The average Bonchev–Trinajstić information content (AvgIpc) is 4.36. The highest BCUT2D eigenvalue weighted by Gasteiger charge is 2.42. The zero-order valence-corrected chi connectivity index (χ0v) is 48.6. The lowest BCUT2D eigenvalue weighted by atomic mass is 9.91. The van der Waals surface area contributed by atoms with Crippen LogP contribution in [0.3, 0.4) is 0 Å². The van der Waals surface area contributed by atoms with Gasteiger partial charge < -0.3 is 68.7 Å². The van der Waals surface area contributed by atoms with E-state index in [1.165, 1.54) is 64.4 Å². The van der Waals surface area contributed by atoms with Gasteiger partial charge in [0.1, 0.15) is 0 Å². The summed E-state index contributed by atoms with van der Waals surface area (Å²) in [7, 11) is 8.58. The lowest BCUT2D eigenvalue weighted by Gasteiger charge is -2.38. The Balaban J connectivity index is 0.000000146. The van der Waals surface area contributed by atoms with E-state index >= 15 is 0 Å².